The first kappa shape index (κ1) is 27.8. The summed E-state index contributed by atoms with van der Waals surface area (Å²) in [6.45, 7) is 4.97. The minimum absolute atomic E-state index is 0.0399. The van der Waals surface area contributed by atoms with Crippen molar-refractivity contribution in [3.05, 3.63) is 40.8 Å². The van der Waals surface area contributed by atoms with Crippen molar-refractivity contribution in [2.75, 3.05) is 57.4 Å². The second-order valence-corrected chi connectivity index (χ2v) is 10.3. The summed E-state index contributed by atoms with van der Waals surface area (Å²) in [6, 6.07) is 5.59. The van der Waals surface area contributed by atoms with Crippen molar-refractivity contribution in [3.63, 3.8) is 0 Å². The molecule has 2 atom stereocenters. The zero-order valence-corrected chi connectivity index (χ0v) is 21.3. The van der Waals surface area contributed by atoms with Crippen LogP contribution in [0.1, 0.15) is 22.5 Å². The first-order chi connectivity index (χ1) is 18.1. The SMILES string of the molecule is O=C(O)C(F)(F)F.O=C(c1cccs1)N1CCC[C@]2(C(=O)N3CCOCC3)CN(c3ncccn3)C[C@@H]2C1. The number of aliphatic carboxylic acids is 1. The highest BCUT2D eigenvalue weighted by atomic mass is 32.1. The van der Waals surface area contributed by atoms with E-state index in [1.807, 2.05) is 27.3 Å². The molecule has 3 fully saturated rings. The van der Waals surface area contributed by atoms with Gasteiger partial charge in [0.1, 0.15) is 0 Å². The number of hydrogen-bond donors (Lipinski definition) is 1. The van der Waals surface area contributed by atoms with Gasteiger partial charge in [-0.3, -0.25) is 9.59 Å². The number of rotatable bonds is 3. The highest BCUT2D eigenvalue weighted by Crippen LogP contribution is 2.45. The summed E-state index contributed by atoms with van der Waals surface area (Å²) in [7, 11) is 0. The topological polar surface area (TPSA) is 116 Å². The molecule has 2 aromatic heterocycles. The highest BCUT2D eigenvalue weighted by Gasteiger charge is 2.55. The van der Waals surface area contributed by atoms with Gasteiger partial charge >= 0.3 is 12.1 Å². The summed E-state index contributed by atoms with van der Waals surface area (Å²) in [5.74, 6) is -1.80. The van der Waals surface area contributed by atoms with Crippen molar-refractivity contribution in [2.45, 2.75) is 19.0 Å². The average molecular weight is 556 g/mol. The van der Waals surface area contributed by atoms with E-state index in [-0.39, 0.29) is 17.7 Å². The fraction of sp³-hybridized carbons (Fsp3) is 0.542. The predicted octanol–water partition coefficient (Wildman–Crippen LogP) is 2.39. The number of ether oxygens (including phenoxy) is 1. The number of halogens is 3. The first-order valence-corrected chi connectivity index (χ1v) is 13.0. The number of thiophene rings is 1. The van der Waals surface area contributed by atoms with Gasteiger partial charge in [0.25, 0.3) is 5.91 Å². The molecule has 10 nitrogen and oxygen atoms in total. The fourth-order valence-electron chi connectivity index (χ4n) is 5.21. The minimum atomic E-state index is -5.08. The van der Waals surface area contributed by atoms with Crippen molar-refractivity contribution in [2.24, 2.45) is 11.3 Å². The monoisotopic (exact) mass is 555 g/mol. The van der Waals surface area contributed by atoms with Gasteiger partial charge in [0.2, 0.25) is 11.9 Å². The van der Waals surface area contributed by atoms with Gasteiger partial charge in [0.05, 0.1) is 23.5 Å². The molecular formula is C24H28F3N5O5S. The Morgan fingerprint density at radius 3 is 2.34 bits per heavy atom. The number of carboxylic acid groups (broad SMARTS) is 1. The molecule has 3 aliphatic heterocycles. The van der Waals surface area contributed by atoms with Crippen molar-refractivity contribution in [1.29, 1.82) is 0 Å². The zero-order chi connectivity index (χ0) is 27.3. The van der Waals surface area contributed by atoms with Crippen molar-refractivity contribution in [3.8, 4) is 0 Å². The van der Waals surface area contributed by atoms with Crippen LogP contribution in [0.4, 0.5) is 19.1 Å². The van der Waals surface area contributed by atoms with Crippen LogP contribution in [0.2, 0.25) is 0 Å². The van der Waals surface area contributed by atoms with E-state index in [9.17, 15) is 22.8 Å². The molecule has 0 unspecified atom stereocenters. The molecule has 0 radical (unpaired) electrons. The number of carbonyl (C=O) groups excluding carboxylic acids is 2. The molecule has 14 heteroatoms. The van der Waals surface area contributed by atoms with E-state index in [4.69, 9.17) is 14.6 Å². The minimum Gasteiger partial charge on any atom is -0.475 e. The second-order valence-electron chi connectivity index (χ2n) is 9.32. The lowest BCUT2D eigenvalue weighted by Gasteiger charge is -2.38. The molecule has 5 rings (SSSR count). The van der Waals surface area contributed by atoms with Gasteiger partial charge in [-0.1, -0.05) is 6.07 Å². The molecule has 2 aromatic rings. The molecule has 3 saturated heterocycles. The molecule has 0 bridgehead atoms. The maximum absolute atomic E-state index is 13.9. The van der Waals surface area contributed by atoms with Crippen LogP contribution in [0.3, 0.4) is 0 Å². The molecule has 2 amide bonds. The number of morpholine rings is 1. The molecule has 0 saturated carbocycles. The summed E-state index contributed by atoms with van der Waals surface area (Å²) in [5, 5.41) is 9.06. The number of alkyl halides is 3. The van der Waals surface area contributed by atoms with Crippen LogP contribution < -0.4 is 4.90 Å². The van der Waals surface area contributed by atoms with Gasteiger partial charge in [-0.05, 0) is 30.4 Å². The number of aromatic nitrogens is 2. The Bertz CT molecular complexity index is 1110. The van der Waals surface area contributed by atoms with Gasteiger partial charge in [-0.15, -0.1) is 11.3 Å². The zero-order valence-electron chi connectivity index (χ0n) is 20.5. The first-order valence-electron chi connectivity index (χ1n) is 12.1. The third-order valence-corrected chi connectivity index (χ3v) is 7.87. The van der Waals surface area contributed by atoms with Crippen LogP contribution in [0, 0.1) is 11.3 Å². The number of nitrogens with zero attached hydrogens (tertiary/aromatic N) is 5. The third-order valence-electron chi connectivity index (χ3n) is 7.01. The molecular weight excluding hydrogens is 527 g/mol. The summed E-state index contributed by atoms with van der Waals surface area (Å²) < 4.78 is 37.2. The van der Waals surface area contributed by atoms with E-state index in [1.54, 1.807) is 18.5 Å². The Hall–Kier alpha value is -3.26. The van der Waals surface area contributed by atoms with Crippen molar-refractivity contribution >= 4 is 35.1 Å². The number of anilines is 1. The van der Waals surface area contributed by atoms with Crippen LogP contribution >= 0.6 is 11.3 Å². The lowest BCUT2D eigenvalue weighted by molar-refractivity contribution is -0.192. The maximum atomic E-state index is 13.9. The molecule has 38 heavy (non-hydrogen) atoms. The Balaban J connectivity index is 0.000000426. The number of hydrogen-bond acceptors (Lipinski definition) is 8. The second kappa shape index (κ2) is 11.6. The molecule has 0 aliphatic carbocycles. The van der Waals surface area contributed by atoms with E-state index in [0.29, 0.717) is 58.4 Å². The summed E-state index contributed by atoms with van der Waals surface area (Å²) in [5.41, 5.74) is -0.527. The van der Waals surface area contributed by atoms with Crippen LogP contribution in [0.5, 0.6) is 0 Å². The van der Waals surface area contributed by atoms with E-state index < -0.39 is 17.6 Å². The van der Waals surface area contributed by atoms with E-state index >= 15 is 0 Å². The van der Waals surface area contributed by atoms with Crippen LogP contribution in [-0.2, 0) is 14.3 Å². The Labute approximate surface area is 221 Å². The van der Waals surface area contributed by atoms with Gasteiger partial charge in [0.15, 0.2) is 0 Å². The fourth-order valence-corrected chi connectivity index (χ4v) is 5.90. The van der Waals surface area contributed by atoms with Crippen LogP contribution in [0.15, 0.2) is 36.0 Å². The molecule has 5 heterocycles. The van der Waals surface area contributed by atoms with E-state index in [0.717, 1.165) is 17.7 Å². The summed E-state index contributed by atoms with van der Waals surface area (Å²) >= 11 is 1.47. The Morgan fingerprint density at radius 1 is 1.05 bits per heavy atom. The molecule has 0 aromatic carbocycles. The molecule has 206 valence electrons. The van der Waals surface area contributed by atoms with Gasteiger partial charge in [-0.2, -0.15) is 13.2 Å². The van der Waals surface area contributed by atoms with Gasteiger partial charge in [0, 0.05) is 57.6 Å². The predicted molar refractivity (Wildman–Crippen MR) is 131 cm³/mol. The third kappa shape index (κ3) is 6.07. The lowest BCUT2D eigenvalue weighted by Crippen LogP contribution is -2.53. The molecule has 1 N–H and O–H groups in total. The van der Waals surface area contributed by atoms with Gasteiger partial charge in [-0.25, -0.2) is 14.8 Å². The maximum Gasteiger partial charge on any atom is 0.490 e. The lowest BCUT2D eigenvalue weighted by atomic mass is 9.73. The number of fused-ring (bicyclic) bond motifs is 1. The number of likely N-dealkylation sites (tertiary alicyclic amines) is 1. The average Bonchev–Trinajstić information content (AvgIpc) is 3.54. The van der Waals surface area contributed by atoms with Crippen LogP contribution in [0.25, 0.3) is 0 Å². The van der Waals surface area contributed by atoms with Gasteiger partial charge < -0.3 is 24.5 Å². The quantitative estimate of drug-likeness (QED) is 0.614. The van der Waals surface area contributed by atoms with E-state index in [2.05, 4.69) is 14.9 Å². The Morgan fingerprint density at radius 2 is 1.74 bits per heavy atom. The van der Waals surface area contributed by atoms with Crippen molar-refractivity contribution in [1.82, 2.24) is 19.8 Å². The summed E-state index contributed by atoms with van der Waals surface area (Å²) in [6.07, 6.45) is -0.0299. The molecule has 3 aliphatic rings. The normalized spacial score (nSPS) is 23.7. The largest absolute Gasteiger partial charge is 0.490 e. The number of amides is 2. The standard InChI is InChI=1S/C22H27N5O3S.C2HF3O2/c28-19(18-4-1-13-31-18)26-8-2-5-22(20(29)25-9-11-30-12-10-25)16-27(15-17(22)14-26)21-23-6-3-7-24-21;3-2(4,5)1(6)7/h1,3-4,6-7,13,17H,2,5,8-12,14-16H2;(H,6,7)/t17-,22-;/m0./s1. The smallest absolute Gasteiger partial charge is 0.475 e. The highest BCUT2D eigenvalue weighted by molar-refractivity contribution is 7.12. The van der Waals surface area contributed by atoms with Crippen LogP contribution in [-0.4, -0.2) is 101 Å². The number of carbonyl (C=O) groups is 3. The summed E-state index contributed by atoms with van der Waals surface area (Å²) in [4.78, 5) is 51.6. The Kier molecular flexibility index (Phi) is 8.51. The number of carboxylic acids is 1. The van der Waals surface area contributed by atoms with Crippen molar-refractivity contribution < 1.29 is 37.4 Å². The molecule has 0 spiro atoms. The van der Waals surface area contributed by atoms with E-state index in [1.165, 1.54) is 11.3 Å².